The Morgan fingerprint density at radius 2 is 1.92 bits per heavy atom. The lowest BCUT2D eigenvalue weighted by atomic mass is 9.90. The van der Waals surface area contributed by atoms with E-state index in [2.05, 4.69) is 0 Å². The van der Waals surface area contributed by atoms with Crippen LogP contribution in [0.1, 0.15) is 23.7 Å². The molecule has 0 saturated carbocycles. The second kappa shape index (κ2) is 7.24. The number of nitrogens with zero attached hydrogens (tertiary/aromatic N) is 1. The Morgan fingerprint density at radius 1 is 1.20 bits per heavy atom. The average molecular weight is 380 g/mol. The third-order valence-electron chi connectivity index (χ3n) is 4.42. The van der Waals surface area contributed by atoms with Crippen LogP contribution in [0.5, 0.6) is 5.75 Å². The smallest absolute Gasteiger partial charge is 0.254 e. The molecule has 2 atom stereocenters. The molecule has 1 aliphatic rings. The van der Waals surface area contributed by atoms with Crippen LogP contribution in [0.15, 0.2) is 48.5 Å². The second-order valence-corrected chi connectivity index (χ2v) is 7.30. The van der Waals surface area contributed by atoms with Gasteiger partial charge in [-0.05, 0) is 55.8 Å². The molecule has 1 fully saturated rings. The van der Waals surface area contributed by atoms with E-state index in [4.69, 9.17) is 27.9 Å². The number of amides is 1. The van der Waals surface area contributed by atoms with Crippen LogP contribution in [-0.4, -0.2) is 40.7 Å². The third-order valence-corrected chi connectivity index (χ3v) is 4.91. The van der Waals surface area contributed by atoms with Crippen LogP contribution in [0.3, 0.4) is 0 Å². The van der Waals surface area contributed by atoms with E-state index in [1.54, 1.807) is 60.4 Å². The van der Waals surface area contributed by atoms with Crippen LogP contribution in [0.25, 0.3) is 0 Å². The van der Waals surface area contributed by atoms with Crippen molar-refractivity contribution in [2.75, 3.05) is 13.1 Å². The van der Waals surface area contributed by atoms with Crippen molar-refractivity contribution in [2.24, 2.45) is 0 Å². The molecule has 132 valence electrons. The molecule has 3 rings (SSSR count). The minimum absolute atomic E-state index is 0.122. The molecule has 2 aromatic carbocycles. The van der Waals surface area contributed by atoms with Crippen LogP contribution < -0.4 is 4.74 Å². The van der Waals surface area contributed by atoms with Gasteiger partial charge in [-0.2, -0.15) is 0 Å². The van der Waals surface area contributed by atoms with Crippen LogP contribution in [0.4, 0.5) is 0 Å². The summed E-state index contributed by atoms with van der Waals surface area (Å²) in [5.74, 6) is 0.481. The topological polar surface area (TPSA) is 49.8 Å². The maximum atomic E-state index is 12.7. The Morgan fingerprint density at radius 3 is 2.60 bits per heavy atom. The summed E-state index contributed by atoms with van der Waals surface area (Å²) in [6, 6.07) is 13.8. The highest BCUT2D eigenvalue weighted by Gasteiger charge is 2.41. The summed E-state index contributed by atoms with van der Waals surface area (Å²) in [5.41, 5.74) is -0.496. The number of aliphatic hydroxyl groups is 1. The largest absolute Gasteiger partial charge is 0.486 e. The van der Waals surface area contributed by atoms with Crippen molar-refractivity contribution in [2.45, 2.75) is 25.0 Å². The molecule has 0 bridgehead atoms. The molecule has 1 heterocycles. The molecule has 1 amide bonds. The van der Waals surface area contributed by atoms with E-state index in [1.807, 2.05) is 0 Å². The van der Waals surface area contributed by atoms with Crippen molar-refractivity contribution in [1.29, 1.82) is 0 Å². The Kier molecular flexibility index (Phi) is 5.23. The maximum Gasteiger partial charge on any atom is 0.254 e. The Balaban J connectivity index is 1.76. The molecule has 0 spiro atoms. The van der Waals surface area contributed by atoms with E-state index in [-0.39, 0.29) is 5.91 Å². The number of rotatable bonds is 3. The summed E-state index contributed by atoms with van der Waals surface area (Å²) in [6.45, 7) is 2.48. The van der Waals surface area contributed by atoms with Gasteiger partial charge in [-0.25, -0.2) is 0 Å². The maximum absolute atomic E-state index is 12.7. The fourth-order valence-corrected chi connectivity index (χ4v) is 3.16. The normalized spacial score (nSPS) is 23.4. The number of ether oxygens (including phenoxy) is 1. The first-order chi connectivity index (χ1) is 11.8. The zero-order chi connectivity index (χ0) is 18.0. The minimum Gasteiger partial charge on any atom is -0.486 e. The van der Waals surface area contributed by atoms with Crippen molar-refractivity contribution in [3.8, 4) is 5.75 Å². The number of piperidine rings is 1. The van der Waals surface area contributed by atoms with Gasteiger partial charge < -0.3 is 14.7 Å². The molecule has 6 heteroatoms. The molecule has 0 aromatic heterocycles. The molecule has 0 unspecified atom stereocenters. The highest BCUT2D eigenvalue weighted by atomic mass is 35.5. The Hall–Kier alpha value is -1.75. The van der Waals surface area contributed by atoms with Gasteiger partial charge in [0, 0.05) is 22.2 Å². The summed E-state index contributed by atoms with van der Waals surface area (Å²) < 4.78 is 5.94. The predicted octanol–water partition coefficient (Wildman–Crippen LogP) is 4.04. The van der Waals surface area contributed by atoms with Gasteiger partial charge in [-0.15, -0.1) is 0 Å². The standard InChI is InChI=1S/C19H19Cl2NO3/c1-19(24)9-10-22(18(23)13-3-2-4-15(21)11-13)12-17(19)25-16-7-5-14(20)6-8-16/h2-8,11,17,24H,9-10,12H2,1H3/t17-,19-/m0/s1. The summed E-state index contributed by atoms with van der Waals surface area (Å²) in [7, 11) is 0. The van der Waals surface area contributed by atoms with Crippen molar-refractivity contribution in [1.82, 2.24) is 4.90 Å². The minimum atomic E-state index is -1.02. The van der Waals surface area contributed by atoms with Gasteiger partial charge in [0.15, 0.2) is 0 Å². The first kappa shape index (κ1) is 18.1. The number of carbonyl (C=O) groups excluding carboxylic acids is 1. The van der Waals surface area contributed by atoms with Gasteiger partial charge in [0.25, 0.3) is 5.91 Å². The monoisotopic (exact) mass is 379 g/mol. The van der Waals surface area contributed by atoms with Gasteiger partial charge >= 0.3 is 0 Å². The average Bonchev–Trinajstić information content (AvgIpc) is 2.58. The van der Waals surface area contributed by atoms with Crippen LogP contribution in [0, 0.1) is 0 Å². The van der Waals surface area contributed by atoms with Crippen molar-refractivity contribution in [3.05, 3.63) is 64.1 Å². The van der Waals surface area contributed by atoms with E-state index >= 15 is 0 Å². The quantitative estimate of drug-likeness (QED) is 0.875. The molecule has 1 aliphatic heterocycles. The highest BCUT2D eigenvalue weighted by Crippen LogP contribution is 2.28. The molecule has 4 nitrogen and oxygen atoms in total. The van der Waals surface area contributed by atoms with Gasteiger partial charge in [-0.3, -0.25) is 4.79 Å². The van der Waals surface area contributed by atoms with E-state index in [9.17, 15) is 9.90 Å². The SMILES string of the molecule is C[C@]1(O)CCN(C(=O)c2cccc(Cl)c2)C[C@@H]1Oc1ccc(Cl)cc1. The first-order valence-corrected chi connectivity index (χ1v) is 8.80. The van der Waals surface area contributed by atoms with E-state index in [0.717, 1.165) is 0 Å². The molecule has 0 radical (unpaired) electrons. The molecule has 25 heavy (non-hydrogen) atoms. The summed E-state index contributed by atoms with van der Waals surface area (Å²) in [4.78, 5) is 14.4. The van der Waals surface area contributed by atoms with E-state index in [1.165, 1.54) is 0 Å². The molecule has 0 aliphatic carbocycles. The second-order valence-electron chi connectivity index (χ2n) is 6.43. The van der Waals surface area contributed by atoms with Crippen molar-refractivity contribution >= 4 is 29.1 Å². The molecular weight excluding hydrogens is 361 g/mol. The summed E-state index contributed by atoms with van der Waals surface area (Å²) >= 11 is 11.9. The fraction of sp³-hybridized carbons (Fsp3) is 0.316. The number of hydrogen-bond acceptors (Lipinski definition) is 3. The summed E-state index contributed by atoms with van der Waals surface area (Å²) in [5, 5.41) is 11.8. The molecule has 2 aromatic rings. The first-order valence-electron chi connectivity index (χ1n) is 8.04. The number of benzene rings is 2. The number of likely N-dealkylation sites (tertiary alicyclic amines) is 1. The number of hydrogen-bond donors (Lipinski definition) is 1. The number of halogens is 2. The van der Waals surface area contributed by atoms with E-state index in [0.29, 0.717) is 40.9 Å². The lowest BCUT2D eigenvalue weighted by Crippen LogP contribution is -2.57. The molecule has 1 N–H and O–H groups in total. The summed E-state index contributed by atoms with van der Waals surface area (Å²) in [6.07, 6.45) is -0.108. The lowest BCUT2D eigenvalue weighted by molar-refractivity contribution is -0.0881. The highest BCUT2D eigenvalue weighted by molar-refractivity contribution is 6.31. The molecular formula is C19H19Cl2NO3. The lowest BCUT2D eigenvalue weighted by Gasteiger charge is -2.42. The zero-order valence-corrected chi connectivity index (χ0v) is 15.3. The van der Waals surface area contributed by atoms with E-state index < -0.39 is 11.7 Å². The predicted molar refractivity (Wildman–Crippen MR) is 98.5 cm³/mol. The van der Waals surface area contributed by atoms with Crippen LogP contribution >= 0.6 is 23.2 Å². The van der Waals surface area contributed by atoms with Gasteiger partial charge in [0.05, 0.1) is 6.54 Å². The van der Waals surface area contributed by atoms with Crippen LogP contribution in [0.2, 0.25) is 10.0 Å². The zero-order valence-electron chi connectivity index (χ0n) is 13.8. The van der Waals surface area contributed by atoms with Gasteiger partial charge in [0.1, 0.15) is 17.5 Å². The Bertz CT molecular complexity index is 762. The van der Waals surface area contributed by atoms with Crippen molar-refractivity contribution in [3.63, 3.8) is 0 Å². The van der Waals surface area contributed by atoms with Crippen LogP contribution in [-0.2, 0) is 0 Å². The fourth-order valence-electron chi connectivity index (χ4n) is 2.84. The van der Waals surface area contributed by atoms with Gasteiger partial charge in [0.2, 0.25) is 0 Å². The number of carbonyl (C=O) groups is 1. The molecule has 1 saturated heterocycles. The Labute approximate surface area is 156 Å². The van der Waals surface area contributed by atoms with Gasteiger partial charge in [-0.1, -0.05) is 29.3 Å². The van der Waals surface area contributed by atoms with Crippen molar-refractivity contribution < 1.29 is 14.6 Å². The third kappa shape index (κ3) is 4.27.